The fraction of sp³-hybridized carbons (Fsp3) is 0.600. The number of anilines is 1. The van der Waals surface area contributed by atoms with Crippen LogP contribution in [0.3, 0.4) is 0 Å². The van der Waals surface area contributed by atoms with Gasteiger partial charge in [0.15, 0.2) is 0 Å². The molecule has 5 heteroatoms. The number of rotatable bonds is 4. The zero-order chi connectivity index (χ0) is 14.9. The van der Waals surface area contributed by atoms with Crippen LogP contribution in [-0.2, 0) is 0 Å². The molecule has 0 unspecified atom stereocenters. The summed E-state index contributed by atoms with van der Waals surface area (Å²) in [6.07, 6.45) is 0. The second kappa shape index (κ2) is 6.93. The maximum Gasteiger partial charge on any atom is 0.296 e. The molecular formula is C15H25ClN2O2. The van der Waals surface area contributed by atoms with Gasteiger partial charge in [0, 0.05) is 5.56 Å². The first kappa shape index (κ1) is 18.7. The quantitative estimate of drug-likeness (QED) is 0.485. The fourth-order valence-electron chi connectivity index (χ4n) is 2.50. The Morgan fingerprint density at radius 3 is 1.75 bits per heavy atom. The molecule has 4 nitrogen and oxygen atoms in total. The minimum absolute atomic E-state index is 0. The van der Waals surface area contributed by atoms with Crippen molar-refractivity contribution in [1.82, 2.24) is 0 Å². The van der Waals surface area contributed by atoms with E-state index in [2.05, 4.69) is 13.8 Å². The average Bonchev–Trinajstić information content (AvgIpc) is 2.26. The maximum atomic E-state index is 11.4. The lowest BCUT2D eigenvalue weighted by Crippen LogP contribution is -2.10. The van der Waals surface area contributed by atoms with Gasteiger partial charge in [0.1, 0.15) is 5.69 Å². The van der Waals surface area contributed by atoms with Crippen molar-refractivity contribution in [2.75, 3.05) is 5.73 Å². The molecule has 0 aliphatic rings. The average molecular weight is 301 g/mol. The van der Waals surface area contributed by atoms with Crippen LogP contribution in [0.4, 0.5) is 11.4 Å². The monoisotopic (exact) mass is 300 g/mol. The molecule has 1 aromatic rings. The van der Waals surface area contributed by atoms with Crippen molar-refractivity contribution < 1.29 is 4.92 Å². The summed E-state index contributed by atoms with van der Waals surface area (Å²) in [7, 11) is 0. The second-order valence-corrected chi connectivity index (χ2v) is 5.95. The van der Waals surface area contributed by atoms with Crippen LogP contribution in [0.15, 0.2) is 6.07 Å². The van der Waals surface area contributed by atoms with E-state index in [4.69, 9.17) is 5.73 Å². The topological polar surface area (TPSA) is 69.2 Å². The molecular weight excluding hydrogens is 276 g/mol. The van der Waals surface area contributed by atoms with Crippen LogP contribution < -0.4 is 5.73 Å². The van der Waals surface area contributed by atoms with Crippen LogP contribution >= 0.6 is 12.4 Å². The first-order chi connectivity index (χ1) is 8.68. The standard InChI is InChI=1S/C15H24N2O2.ClH/c1-8(2)11-7-12(9(3)4)14(16)15(17(18)19)13(11)10(5)6;/h7-10H,16H2,1-6H3;1H. The summed E-state index contributed by atoms with van der Waals surface area (Å²) < 4.78 is 0. The summed E-state index contributed by atoms with van der Waals surface area (Å²) in [5, 5.41) is 11.4. The molecule has 0 amide bonds. The Morgan fingerprint density at radius 1 is 1.00 bits per heavy atom. The van der Waals surface area contributed by atoms with Gasteiger partial charge in [-0.1, -0.05) is 47.6 Å². The Kier molecular flexibility index (Phi) is 6.48. The largest absolute Gasteiger partial charge is 0.393 e. The molecule has 0 aliphatic carbocycles. The van der Waals surface area contributed by atoms with Crippen LogP contribution in [0.25, 0.3) is 0 Å². The van der Waals surface area contributed by atoms with Gasteiger partial charge in [0.25, 0.3) is 5.69 Å². The number of nitrogens with two attached hydrogens (primary N) is 1. The highest BCUT2D eigenvalue weighted by atomic mass is 35.5. The minimum Gasteiger partial charge on any atom is -0.393 e. The summed E-state index contributed by atoms with van der Waals surface area (Å²) in [6.45, 7) is 12.1. The van der Waals surface area contributed by atoms with Crippen molar-refractivity contribution in [3.63, 3.8) is 0 Å². The van der Waals surface area contributed by atoms with E-state index >= 15 is 0 Å². The van der Waals surface area contributed by atoms with Gasteiger partial charge < -0.3 is 5.73 Å². The molecule has 0 saturated heterocycles. The number of nitrogens with zero attached hydrogens (tertiary/aromatic N) is 1. The predicted molar refractivity (Wildman–Crippen MR) is 87.0 cm³/mol. The molecule has 0 saturated carbocycles. The summed E-state index contributed by atoms with van der Waals surface area (Å²) >= 11 is 0. The third-order valence-corrected chi connectivity index (χ3v) is 3.45. The van der Waals surface area contributed by atoms with Crippen molar-refractivity contribution in [2.24, 2.45) is 0 Å². The number of hydrogen-bond acceptors (Lipinski definition) is 3. The van der Waals surface area contributed by atoms with Gasteiger partial charge in [-0.2, -0.15) is 0 Å². The maximum absolute atomic E-state index is 11.4. The normalized spacial score (nSPS) is 11.1. The molecule has 0 bridgehead atoms. The Morgan fingerprint density at radius 2 is 1.45 bits per heavy atom. The highest BCUT2D eigenvalue weighted by Gasteiger charge is 2.28. The summed E-state index contributed by atoms with van der Waals surface area (Å²) in [6, 6.07) is 2.05. The lowest BCUT2D eigenvalue weighted by Gasteiger charge is -2.21. The van der Waals surface area contributed by atoms with E-state index < -0.39 is 0 Å². The molecule has 1 aromatic carbocycles. The van der Waals surface area contributed by atoms with Crippen molar-refractivity contribution in [1.29, 1.82) is 0 Å². The zero-order valence-electron chi connectivity index (χ0n) is 13.1. The van der Waals surface area contributed by atoms with Crippen LogP contribution in [0, 0.1) is 10.1 Å². The first-order valence-corrected chi connectivity index (χ1v) is 6.78. The number of nitro groups is 1. The van der Waals surface area contributed by atoms with Crippen molar-refractivity contribution in [3.05, 3.63) is 32.9 Å². The van der Waals surface area contributed by atoms with Crippen LogP contribution in [0.5, 0.6) is 0 Å². The number of nitrogen functional groups attached to an aromatic ring is 1. The smallest absolute Gasteiger partial charge is 0.296 e. The first-order valence-electron chi connectivity index (χ1n) is 6.78. The zero-order valence-corrected chi connectivity index (χ0v) is 13.9. The van der Waals surface area contributed by atoms with E-state index in [9.17, 15) is 10.1 Å². The SMILES string of the molecule is CC(C)c1cc(C(C)C)c(C(C)C)c([N+](=O)[O-])c1N.Cl. The molecule has 0 fully saturated rings. The molecule has 114 valence electrons. The van der Waals surface area contributed by atoms with E-state index in [1.165, 1.54) is 0 Å². The minimum atomic E-state index is -0.331. The van der Waals surface area contributed by atoms with E-state index in [0.717, 1.165) is 16.7 Å². The number of halogens is 1. The van der Waals surface area contributed by atoms with Gasteiger partial charge in [-0.05, 0) is 28.9 Å². The molecule has 0 aliphatic heterocycles. The van der Waals surface area contributed by atoms with Crippen molar-refractivity contribution >= 4 is 23.8 Å². The summed E-state index contributed by atoms with van der Waals surface area (Å²) in [4.78, 5) is 11.1. The molecule has 0 radical (unpaired) electrons. The molecule has 0 spiro atoms. The van der Waals surface area contributed by atoms with Crippen molar-refractivity contribution in [2.45, 2.75) is 59.3 Å². The lowest BCUT2D eigenvalue weighted by molar-refractivity contribution is -0.384. The molecule has 2 N–H and O–H groups in total. The van der Waals surface area contributed by atoms with Gasteiger partial charge in [-0.3, -0.25) is 10.1 Å². The number of nitro benzene ring substituents is 1. The van der Waals surface area contributed by atoms with Gasteiger partial charge in [-0.25, -0.2) is 0 Å². The van der Waals surface area contributed by atoms with Gasteiger partial charge in [0.2, 0.25) is 0 Å². The van der Waals surface area contributed by atoms with Crippen molar-refractivity contribution in [3.8, 4) is 0 Å². The van der Waals surface area contributed by atoms with E-state index in [0.29, 0.717) is 5.69 Å². The van der Waals surface area contributed by atoms with Crippen LogP contribution in [0.2, 0.25) is 0 Å². The Balaban J connectivity index is 0.00000361. The fourth-order valence-corrected chi connectivity index (χ4v) is 2.50. The molecule has 0 heterocycles. The van der Waals surface area contributed by atoms with Gasteiger partial charge in [-0.15, -0.1) is 12.4 Å². The van der Waals surface area contributed by atoms with Gasteiger partial charge in [0.05, 0.1) is 4.92 Å². The lowest BCUT2D eigenvalue weighted by atomic mass is 9.84. The second-order valence-electron chi connectivity index (χ2n) is 5.95. The highest BCUT2D eigenvalue weighted by Crippen LogP contribution is 2.42. The van der Waals surface area contributed by atoms with Crippen LogP contribution in [-0.4, -0.2) is 4.92 Å². The van der Waals surface area contributed by atoms with E-state index in [1.807, 2.05) is 33.8 Å². The molecule has 1 rings (SSSR count). The predicted octanol–water partition coefficient (Wildman–Crippen LogP) is 4.97. The molecule has 20 heavy (non-hydrogen) atoms. The van der Waals surface area contributed by atoms with Gasteiger partial charge >= 0.3 is 0 Å². The summed E-state index contributed by atoms with van der Waals surface area (Å²) in [5.74, 6) is 0.507. The Bertz CT molecular complexity index is 497. The molecule has 0 aromatic heterocycles. The van der Waals surface area contributed by atoms with E-state index in [1.54, 1.807) is 0 Å². The van der Waals surface area contributed by atoms with Crippen LogP contribution in [0.1, 0.15) is 76.0 Å². The Labute approximate surface area is 127 Å². The number of benzene rings is 1. The van der Waals surface area contributed by atoms with E-state index in [-0.39, 0.29) is 40.8 Å². The number of hydrogen-bond donors (Lipinski definition) is 1. The molecule has 0 atom stereocenters. The third kappa shape index (κ3) is 3.42. The third-order valence-electron chi connectivity index (χ3n) is 3.45. The highest BCUT2D eigenvalue weighted by molar-refractivity contribution is 5.85. The summed E-state index contributed by atoms with van der Waals surface area (Å²) in [5.41, 5.74) is 9.18. The Hall–Kier alpha value is -1.29.